The first-order chi connectivity index (χ1) is 16.9. The minimum Gasteiger partial charge on any atom is -0.496 e. The molecule has 178 valence electrons. The SMILES string of the molecule is COc1ccccc1CNC(=O)[C@@]1(C)Cn2c(cc3ccccc32)C(=O)N1Cc1ccccc1Cl. The third-order valence-electron chi connectivity index (χ3n) is 6.74. The summed E-state index contributed by atoms with van der Waals surface area (Å²) >= 11 is 6.45. The third kappa shape index (κ3) is 4.04. The molecule has 7 heteroatoms. The number of amides is 2. The highest BCUT2D eigenvalue weighted by Crippen LogP contribution is 2.34. The fraction of sp³-hybridized carbons (Fsp3) is 0.214. The molecule has 0 radical (unpaired) electrons. The number of methoxy groups -OCH3 is 1. The predicted octanol–water partition coefficient (Wildman–Crippen LogP) is 5.03. The molecule has 0 fully saturated rings. The summed E-state index contributed by atoms with van der Waals surface area (Å²) in [7, 11) is 1.60. The van der Waals surface area contributed by atoms with Crippen LogP contribution in [0.15, 0.2) is 78.9 Å². The van der Waals surface area contributed by atoms with Crippen molar-refractivity contribution < 1.29 is 14.3 Å². The van der Waals surface area contributed by atoms with Gasteiger partial charge in [0.15, 0.2) is 0 Å². The van der Waals surface area contributed by atoms with Crippen molar-refractivity contribution in [1.29, 1.82) is 0 Å². The molecule has 0 saturated heterocycles. The quantitative estimate of drug-likeness (QED) is 0.414. The van der Waals surface area contributed by atoms with E-state index in [1.165, 1.54) is 0 Å². The Morgan fingerprint density at radius 3 is 2.49 bits per heavy atom. The van der Waals surface area contributed by atoms with Crippen LogP contribution >= 0.6 is 11.6 Å². The molecule has 2 amide bonds. The Kier molecular flexibility index (Phi) is 5.99. The van der Waals surface area contributed by atoms with Crippen molar-refractivity contribution in [2.45, 2.75) is 32.1 Å². The minimum atomic E-state index is -1.15. The van der Waals surface area contributed by atoms with Crippen molar-refractivity contribution in [3.63, 3.8) is 0 Å². The van der Waals surface area contributed by atoms with Crippen LogP contribution < -0.4 is 10.1 Å². The molecule has 1 aliphatic rings. The minimum absolute atomic E-state index is 0.206. The molecule has 6 nitrogen and oxygen atoms in total. The zero-order valence-corrected chi connectivity index (χ0v) is 20.4. The lowest BCUT2D eigenvalue weighted by Gasteiger charge is -2.44. The van der Waals surface area contributed by atoms with Crippen LogP contribution in [-0.4, -0.2) is 33.9 Å². The van der Waals surface area contributed by atoms with Crippen molar-refractivity contribution >= 4 is 34.3 Å². The lowest BCUT2D eigenvalue weighted by Crippen LogP contribution is -2.63. The van der Waals surface area contributed by atoms with E-state index in [0.717, 1.165) is 22.0 Å². The van der Waals surface area contributed by atoms with Gasteiger partial charge in [-0.25, -0.2) is 0 Å². The van der Waals surface area contributed by atoms with Crippen molar-refractivity contribution in [3.8, 4) is 5.75 Å². The lowest BCUT2D eigenvalue weighted by molar-refractivity contribution is -0.133. The summed E-state index contributed by atoms with van der Waals surface area (Å²) in [6.07, 6.45) is 0. The number of hydrogen-bond donors (Lipinski definition) is 1. The first-order valence-corrected chi connectivity index (χ1v) is 11.8. The summed E-state index contributed by atoms with van der Waals surface area (Å²) in [6, 6.07) is 24.7. The number of rotatable bonds is 6. The average Bonchev–Trinajstić information content (AvgIpc) is 3.24. The van der Waals surface area contributed by atoms with E-state index >= 15 is 0 Å². The Labute approximate surface area is 209 Å². The van der Waals surface area contributed by atoms with Gasteiger partial charge in [0.25, 0.3) is 5.91 Å². The van der Waals surface area contributed by atoms with E-state index in [1.54, 1.807) is 18.1 Å². The number of ether oxygens (including phenoxy) is 1. The van der Waals surface area contributed by atoms with Gasteiger partial charge in [0.2, 0.25) is 5.91 Å². The van der Waals surface area contributed by atoms with Gasteiger partial charge >= 0.3 is 0 Å². The highest BCUT2D eigenvalue weighted by molar-refractivity contribution is 6.31. The number of benzene rings is 3. The van der Waals surface area contributed by atoms with Gasteiger partial charge in [0.05, 0.1) is 13.7 Å². The second kappa shape index (κ2) is 9.12. The number of aromatic nitrogens is 1. The maximum absolute atomic E-state index is 13.9. The maximum Gasteiger partial charge on any atom is 0.271 e. The molecule has 0 saturated carbocycles. The van der Waals surface area contributed by atoms with E-state index in [2.05, 4.69) is 5.32 Å². The molecule has 5 rings (SSSR count). The molecule has 0 unspecified atom stereocenters. The second-order valence-corrected chi connectivity index (χ2v) is 9.33. The molecule has 0 spiro atoms. The van der Waals surface area contributed by atoms with Gasteiger partial charge in [-0.3, -0.25) is 9.59 Å². The summed E-state index contributed by atoms with van der Waals surface area (Å²) < 4.78 is 7.38. The van der Waals surface area contributed by atoms with E-state index in [9.17, 15) is 9.59 Å². The molecule has 1 N–H and O–H groups in total. The monoisotopic (exact) mass is 487 g/mol. The smallest absolute Gasteiger partial charge is 0.271 e. The molecule has 1 atom stereocenters. The summed E-state index contributed by atoms with van der Waals surface area (Å²) in [4.78, 5) is 29.3. The second-order valence-electron chi connectivity index (χ2n) is 8.93. The Bertz CT molecular complexity index is 1430. The Morgan fingerprint density at radius 1 is 1.03 bits per heavy atom. The average molecular weight is 488 g/mol. The third-order valence-corrected chi connectivity index (χ3v) is 7.11. The van der Waals surface area contributed by atoms with Crippen LogP contribution in [0.25, 0.3) is 10.9 Å². The Hall–Kier alpha value is -3.77. The van der Waals surface area contributed by atoms with Gasteiger partial charge < -0.3 is 19.5 Å². The summed E-state index contributed by atoms with van der Waals surface area (Å²) in [6.45, 7) is 2.64. The highest BCUT2D eigenvalue weighted by Gasteiger charge is 2.47. The van der Waals surface area contributed by atoms with Crippen molar-refractivity contribution in [3.05, 3.63) is 101 Å². The summed E-state index contributed by atoms with van der Waals surface area (Å²) in [5.74, 6) is 0.249. The predicted molar refractivity (Wildman–Crippen MR) is 137 cm³/mol. The number of nitrogens with one attached hydrogen (secondary N) is 1. The van der Waals surface area contributed by atoms with Gasteiger partial charge in [-0.05, 0) is 36.8 Å². The van der Waals surface area contributed by atoms with Gasteiger partial charge in [0.1, 0.15) is 17.0 Å². The number of carbonyl (C=O) groups is 2. The van der Waals surface area contributed by atoms with Crippen LogP contribution in [0.5, 0.6) is 5.75 Å². The van der Waals surface area contributed by atoms with E-state index in [-0.39, 0.29) is 24.9 Å². The standard InChI is InChI=1S/C28H26ClN3O3/c1-28(27(34)30-16-20-10-5-8-14-25(20)35-2)18-31-23-13-7-4-9-19(23)15-24(31)26(33)32(28)17-21-11-3-6-12-22(21)29/h3-15H,16-18H2,1-2H3,(H,30,34)/t28-/m1/s1. The van der Waals surface area contributed by atoms with E-state index in [1.807, 2.05) is 84.3 Å². The summed E-state index contributed by atoms with van der Waals surface area (Å²) in [5.41, 5.74) is 1.99. The van der Waals surface area contributed by atoms with Crippen molar-refractivity contribution in [1.82, 2.24) is 14.8 Å². The molecule has 0 aliphatic carbocycles. The first kappa shape index (κ1) is 23.0. The maximum atomic E-state index is 13.9. The lowest BCUT2D eigenvalue weighted by atomic mass is 9.93. The molecular formula is C28H26ClN3O3. The first-order valence-electron chi connectivity index (χ1n) is 11.5. The zero-order chi connectivity index (χ0) is 24.6. The summed E-state index contributed by atoms with van der Waals surface area (Å²) in [5, 5.41) is 4.57. The van der Waals surface area contributed by atoms with Crippen molar-refractivity contribution in [2.75, 3.05) is 7.11 Å². The van der Waals surface area contributed by atoms with E-state index in [4.69, 9.17) is 16.3 Å². The Balaban J connectivity index is 1.54. The van der Waals surface area contributed by atoms with Gasteiger partial charge in [-0.15, -0.1) is 0 Å². The van der Waals surface area contributed by atoms with Gasteiger partial charge in [-0.1, -0.05) is 66.2 Å². The van der Waals surface area contributed by atoms with Crippen molar-refractivity contribution in [2.24, 2.45) is 0 Å². The zero-order valence-electron chi connectivity index (χ0n) is 19.6. The van der Waals surface area contributed by atoms with Gasteiger partial charge in [-0.2, -0.15) is 0 Å². The largest absolute Gasteiger partial charge is 0.496 e. The van der Waals surface area contributed by atoms with E-state index < -0.39 is 5.54 Å². The van der Waals surface area contributed by atoms with E-state index in [0.29, 0.717) is 23.0 Å². The molecule has 35 heavy (non-hydrogen) atoms. The number of nitrogens with zero attached hydrogens (tertiary/aromatic N) is 2. The van der Waals surface area contributed by atoms with Crippen LogP contribution in [0.4, 0.5) is 0 Å². The highest BCUT2D eigenvalue weighted by atomic mass is 35.5. The molecule has 2 heterocycles. The number of fused-ring (bicyclic) bond motifs is 3. The molecule has 3 aromatic carbocycles. The number of para-hydroxylation sites is 2. The van der Waals surface area contributed by atoms with Crippen LogP contribution in [0.3, 0.4) is 0 Å². The molecule has 1 aliphatic heterocycles. The molecule has 4 aromatic rings. The Morgan fingerprint density at radius 2 is 1.71 bits per heavy atom. The number of hydrogen-bond acceptors (Lipinski definition) is 3. The van der Waals surface area contributed by atoms with Crippen LogP contribution in [0, 0.1) is 0 Å². The van der Waals surface area contributed by atoms with Crippen LogP contribution in [0.1, 0.15) is 28.5 Å². The fourth-order valence-electron chi connectivity index (χ4n) is 4.77. The fourth-order valence-corrected chi connectivity index (χ4v) is 4.96. The molecule has 0 bridgehead atoms. The molecule has 1 aromatic heterocycles. The normalized spacial score (nSPS) is 17.3. The number of halogens is 1. The van der Waals surface area contributed by atoms with Crippen LogP contribution in [0.2, 0.25) is 5.02 Å². The number of carbonyl (C=O) groups excluding carboxylic acids is 2. The molecular weight excluding hydrogens is 462 g/mol. The van der Waals surface area contributed by atoms with Crippen LogP contribution in [-0.2, 0) is 24.4 Å². The topological polar surface area (TPSA) is 63.6 Å². The van der Waals surface area contributed by atoms with Gasteiger partial charge in [0, 0.05) is 34.6 Å².